The number of pyridine rings is 2. The Labute approximate surface area is 192 Å². The third-order valence-corrected chi connectivity index (χ3v) is 7.12. The van der Waals surface area contributed by atoms with Crippen molar-refractivity contribution in [2.24, 2.45) is 7.05 Å². The van der Waals surface area contributed by atoms with Gasteiger partial charge in [-0.25, -0.2) is 9.97 Å². The largest absolute Gasteiger partial charge is 0.353 e. The summed E-state index contributed by atoms with van der Waals surface area (Å²) < 4.78 is 2.04. The molecular formula is C24H19N7OS. The Kier molecular flexibility index (Phi) is 4.27. The topological polar surface area (TPSA) is 105 Å². The molecule has 0 unspecified atom stereocenters. The van der Waals surface area contributed by atoms with Crippen molar-refractivity contribution in [2.45, 2.75) is 13.8 Å². The molecule has 0 aliphatic carbocycles. The number of ketones is 1. The Morgan fingerprint density at radius 1 is 1.06 bits per heavy atom. The quantitative estimate of drug-likeness (QED) is 0.360. The third kappa shape index (κ3) is 3.08. The second-order valence-electron chi connectivity index (χ2n) is 7.97. The molecule has 0 atom stereocenters. The maximum atomic E-state index is 11.8. The smallest absolute Gasteiger partial charge is 0.181 e. The number of hydrogen-bond donors (Lipinski definition) is 2. The van der Waals surface area contributed by atoms with Crippen LogP contribution in [0.15, 0.2) is 48.9 Å². The molecule has 0 bridgehead atoms. The summed E-state index contributed by atoms with van der Waals surface area (Å²) in [5.74, 6) is 0.999. The standard InChI is InChI=1S/C24H19N7OS/c1-12(32)20-4-5-21(33-20)23-15-9-18(28-17(15)6-7-25-23)22-16-8-14(10-27-24(16)30-29-22)19-11-26-13(2)31(19)3/h4-11,28H,1-3H3,(H,27,29,30). The summed E-state index contributed by atoms with van der Waals surface area (Å²) in [5.41, 5.74) is 6.18. The Bertz CT molecular complexity index is 1680. The van der Waals surface area contributed by atoms with Gasteiger partial charge in [-0.2, -0.15) is 5.10 Å². The van der Waals surface area contributed by atoms with E-state index >= 15 is 0 Å². The van der Waals surface area contributed by atoms with Gasteiger partial charge in [-0.3, -0.25) is 14.9 Å². The molecule has 8 nitrogen and oxygen atoms in total. The zero-order chi connectivity index (χ0) is 22.7. The van der Waals surface area contributed by atoms with E-state index in [1.54, 1.807) is 13.1 Å². The minimum absolute atomic E-state index is 0.0593. The third-order valence-electron chi connectivity index (χ3n) is 5.93. The number of carbonyl (C=O) groups is 1. The number of carbonyl (C=O) groups excluding carboxylic acids is 1. The van der Waals surface area contributed by atoms with Crippen LogP contribution >= 0.6 is 11.3 Å². The fourth-order valence-electron chi connectivity index (χ4n) is 4.05. The van der Waals surface area contributed by atoms with Crippen molar-refractivity contribution < 1.29 is 4.79 Å². The molecule has 6 rings (SSSR count). The predicted molar refractivity (Wildman–Crippen MR) is 129 cm³/mol. The van der Waals surface area contributed by atoms with Crippen LogP contribution in [0.5, 0.6) is 0 Å². The van der Waals surface area contributed by atoms with Crippen LogP contribution in [0, 0.1) is 6.92 Å². The number of aromatic amines is 2. The van der Waals surface area contributed by atoms with E-state index in [0.717, 1.165) is 60.2 Å². The monoisotopic (exact) mass is 453 g/mol. The van der Waals surface area contributed by atoms with Gasteiger partial charge in [0, 0.05) is 41.3 Å². The van der Waals surface area contributed by atoms with Crippen molar-refractivity contribution in [3.05, 3.63) is 59.6 Å². The second kappa shape index (κ2) is 7.21. The zero-order valence-corrected chi connectivity index (χ0v) is 19.0. The van der Waals surface area contributed by atoms with E-state index < -0.39 is 0 Å². The highest BCUT2D eigenvalue weighted by atomic mass is 32.1. The molecule has 6 aromatic heterocycles. The van der Waals surface area contributed by atoms with Gasteiger partial charge in [0.25, 0.3) is 0 Å². The average Bonchev–Trinajstić information content (AvgIpc) is 3.59. The molecule has 2 N–H and O–H groups in total. The molecule has 162 valence electrons. The first-order valence-electron chi connectivity index (χ1n) is 10.4. The number of nitrogens with zero attached hydrogens (tertiary/aromatic N) is 5. The van der Waals surface area contributed by atoms with Crippen LogP contribution < -0.4 is 0 Å². The molecule has 0 amide bonds. The minimum atomic E-state index is 0.0593. The summed E-state index contributed by atoms with van der Waals surface area (Å²) in [6, 6.07) is 9.90. The first-order valence-corrected chi connectivity index (χ1v) is 11.2. The van der Waals surface area contributed by atoms with Gasteiger partial charge in [-0.1, -0.05) is 0 Å². The summed E-state index contributed by atoms with van der Waals surface area (Å²) in [6.07, 6.45) is 5.45. The van der Waals surface area contributed by atoms with E-state index in [1.807, 2.05) is 49.1 Å². The number of H-pyrrole nitrogens is 2. The van der Waals surface area contributed by atoms with Crippen molar-refractivity contribution in [3.8, 4) is 33.2 Å². The van der Waals surface area contributed by atoms with Crippen LogP contribution in [0.4, 0.5) is 0 Å². The summed E-state index contributed by atoms with van der Waals surface area (Å²) in [4.78, 5) is 30.5. The van der Waals surface area contributed by atoms with E-state index in [2.05, 4.69) is 42.3 Å². The highest BCUT2D eigenvalue weighted by Gasteiger charge is 2.17. The number of rotatable bonds is 4. The highest BCUT2D eigenvalue weighted by Crippen LogP contribution is 2.36. The molecule has 0 radical (unpaired) electrons. The maximum absolute atomic E-state index is 11.8. The van der Waals surface area contributed by atoms with E-state index in [9.17, 15) is 4.79 Å². The van der Waals surface area contributed by atoms with Gasteiger partial charge in [0.2, 0.25) is 0 Å². The summed E-state index contributed by atoms with van der Waals surface area (Å²) in [7, 11) is 1.99. The van der Waals surface area contributed by atoms with Crippen molar-refractivity contribution in [1.82, 2.24) is 34.7 Å². The lowest BCUT2D eigenvalue weighted by Gasteiger charge is -2.04. The van der Waals surface area contributed by atoms with Crippen LogP contribution in [0.1, 0.15) is 22.4 Å². The number of fused-ring (bicyclic) bond motifs is 2. The van der Waals surface area contributed by atoms with E-state index in [1.165, 1.54) is 11.3 Å². The molecule has 0 aliphatic heterocycles. The Balaban J connectivity index is 1.49. The Hall–Kier alpha value is -4.11. The molecule has 6 heterocycles. The molecule has 6 aromatic rings. The van der Waals surface area contributed by atoms with Crippen LogP contribution in [-0.2, 0) is 7.05 Å². The fourth-order valence-corrected chi connectivity index (χ4v) is 4.97. The SMILES string of the molecule is CC(=O)c1ccc(-c2nccc3[nH]c(-c4[nH]nc5ncc(-c6cnc(C)n6C)cc45)cc23)s1. The van der Waals surface area contributed by atoms with Crippen molar-refractivity contribution in [1.29, 1.82) is 0 Å². The van der Waals surface area contributed by atoms with Crippen molar-refractivity contribution in [2.75, 3.05) is 0 Å². The first kappa shape index (κ1) is 19.6. The van der Waals surface area contributed by atoms with Gasteiger partial charge >= 0.3 is 0 Å². The minimum Gasteiger partial charge on any atom is -0.353 e. The predicted octanol–water partition coefficient (Wildman–Crippen LogP) is 5.14. The number of thiophene rings is 1. The summed E-state index contributed by atoms with van der Waals surface area (Å²) in [6.45, 7) is 3.55. The maximum Gasteiger partial charge on any atom is 0.181 e. The second-order valence-corrected chi connectivity index (χ2v) is 9.05. The van der Waals surface area contributed by atoms with Crippen molar-refractivity contribution in [3.63, 3.8) is 0 Å². The molecule has 0 aromatic carbocycles. The van der Waals surface area contributed by atoms with Crippen molar-refractivity contribution >= 4 is 39.1 Å². The number of hydrogen-bond acceptors (Lipinski definition) is 6. The lowest BCUT2D eigenvalue weighted by molar-refractivity contribution is 0.102. The molecule has 0 saturated carbocycles. The molecule has 0 spiro atoms. The molecular weight excluding hydrogens is 434 g/mol. The fraction of sp³-hybridized carbons (Fsp3) is 0.125. The summed E-state index contributed by atoms with van der Waals surface area (Å²) >= 11 is 1.46. The number of imidazole rings is 1. The summed E-state index contributed by atoms with van der Waals surface area (Å²) in [5, 5.41) is 9.44. The molecule has 33 heavy (non-hydrogen) atoms. The van der Waals surface area contributed by atoms with Gasteiger partial charge < -0.3 is 9.55 Å². The van der Waals surface area contributed by atoms with E-state index in [-0.39, 0.29) is 5.78 Å². The Morgan fingerprint density at radius 3 is 2.70 bits per heavy atom. The molecule has 0 aliphatic rings. The van der Waals surface area contributed by atoms with Gasteiger partial charge in [-0.05, 0) is 44.2 Å². The van der Waals surface area contributed by atoms with Gasteiger partial charge in [0.1, 0.15) is 5.82 Å². The molecule has 0 saturated heterocycles. The number of Topliss-reactive ketones (excluding diaryl/α,β-unsaturated/α-hetero) is 1. The van der Waals surface area contributed by atoms with E-state index in [0.29, 0.717) is 5.65 Å². The lowest BCUT2D eigenvalue weighted by Crippen LogP contribution is -1.94. The van der Waals surface area contributed by atoms with Gasteiger partial charge in [0.05, 0.1) is 38.7 Å². The molecule has 0 fully saturated rings. The van der Waals surface area contributed by atoms with Crippen LogP contribution in [-0.4, -0.2) is 40.5 Å². The van der Waals surface area contributed by atoms with Gasteiger partial charge in [0.15, 0.2) is 11.4 Å². The number of aromatic nitrogens is 7. The molecule has 9 heteroatoms. The van der Waals surface area contributed by atoms with Gasteiger partial charge in [-0.15, -0.1) is 11.3 Å². The highest BCUT2D eigenvalue weighted by molar-refractivity contribution is 7.17. The van der Waals surface area contributed by atoms with Crippen LogP contribution in [0.2, 0.25) is 0 Å². The Morgan fingerprint density at radius 2 is 1.94 bits per heavy atom. The first-order chi connectivity index (χ1) is 16.0. The normalized spacial score (nSPS) is 11.6. The lowest BCUT2D eigenvalue weighted by atomic mass is 10.1. The van der Waals surface area contributed by atoms with Crippen LogP contribution in [0.3, 0.4) is 0 Å². The van der Waals surface area contributed by atoms with Crippen LogP contribution in [0.25, 0.3) is 55.2 Å². The zero-order valence-electron chi connectivity index (χ0n) is 18.2. The number of nitrogens with one attached hydrogen (secondary N) is 2. The van der Waals surface area contributed by atoms with E-state index in [4.69, 9.17) is 0 Å². The number of aryl methyl sites for hydroxylation is 1. The average molecular weight is 454 g/mol.